The monoisotopic (exact) mass is 1090 g/mol. The number of phenolic OH excluding ortho intramolecular Hbond substituents is 1. The van der Waals surface area contributed by atoms with Gasteiger partial charge in [0.05, 0.1) is 41.1 Å². The number of aliphatic hydroxyl groups is 6. The summed E-state index contributed by atoms with van der Waals surface area (Å²) < 4.78 is 57.3. The maximum absolute atomic E-state index is 14.4. The average Bonchev–Trinajstić information content (AvgIpc) is 3.60. The van der Waals surface area contributed by atoms with Crippen molar-refractivity contribution in [2.24, 2.45) is 5.41 Å². The van der Waals surface area contributed by atoms with Gasteiger partial charge < -0.3 is 64.3 Å². The van der Waals surface area contributed by atoms with Crippen molar-refractivity contribution in [3.05, 3.63) is 180 Å². The molecule has 0 bridgehead atoms. The Morgan fingerprint density at radius 1 is 0.646 bits per heavy atom. The fraction of sp³-hybridized carbons (Fsp3) is 0.339. The molecule has 11 atom stereocenters. The molecular weight excluding hydrogens is 1030 g/mol. The molecule has 20 heteroatoms. The summed E-state index contributed by atoms with van der Waals surface area (Å²) in [6.45, 7) is -1.60. The van der Waals surface area contributed by atoms with Gasteiger partial charge in [0, 0.05) is 17.7 Å². The third-order valence-electron chi connectivity index (χ3n) is 15.5. The van der Waals surface area contributed by atoms with E-state index in [0.717, 1.165) is 17.7 Å². The van der Waals surface area contributed by atoms with Gasteiger partial charge in [-0.05, 0) is 90.4 Å². The summed E-state index contributed by atoms with van der Waals surface area (Å²) in [6, 6.07) is 40.9. The van der Waals surface area contributed by atoms with E-state index in [4.69, 9.17) is 23.7 Å². The molecule has 0 radical (unpaired) electrons. The third kappa shape index (κ3) is 11.2. The van der Waals surface area contributed by atoms with Crippen LogP contribution in [0.15, 0.2) is 152 Å². The highest BCUT2D eigenvalue weighted by molar-refractivity contribution is 6.06. The molecule has 9 N–H and O–H groups in total. The Hall–Kier alpha value is -7.37. The second kappa shape index (κ2) is 23.1. The van der Waals surface area contributed by atoms with Crippen LogP contribution in [0.5, 0.6) is 5.75 Å². The van der Waals surface area contributed by atoms with E-state index in [1.807, 2.05) is 84.9 Å². The first kappa shape index (κ1) is 55.0. The number of phenols is 1. The van der Waals surface area contributed by atoms with E-state index in [1.54, 1.807) is 23.1 Å². The van der Waals surface area contributed by atoms with Gasteiger partial charge in [0.1, 0.15) is 66.7 Å². The number of benzene rings is 6. The number of anilines is 3. The van der Waals surface area contributed by atoms with Crippen molar-refractivity contribution < 1.29 is 82.6 Å². The van der Waals surface area contributed by atoms with E-state index in [0.29, 0.717) is 53.6 Å². The van der Waals surface area contributed by atoms with Crippen molar-refractivity contribution in [3.8, 4) is 16.9 Å². The topological polar surface area (TPSA) is 266 Å². The number of nitrogens with one attached hydrogen (secondary N) is 2. The molecule has 1 spiro atoms. The van der Waals surface area contributed by atoms with Crippen molar-refractivity contribution in [1.82, 2.24) is 0 Å². The van der Waals surface area contributed by atoms with E-state index >= 15 is 0 Å². The molecule has 6 aromatic rings. The van der Waals surface area contributed by atoms with E-state index in [1.165, 1.54) is 36.4 Å². The van der Waals surface area contributed by atoms with Crippen molar-refractivity contribution >= 4 is 35.2 Å². The van der Waals surface area contributed by atoms with Crippen LogP contribution in [-0.4, -0.2) is 128 Å². The molecular formula is C59H59F2N3O15. The lowest BCUT2D eigenvalue weighted by molar-refractivity contribution is -0.341. The van der Waals surface area contributed by atoms with Gasteiger partial charge in [0.2, 0.25) is 5.91 Å². The number of carbonyl (C=O) groups excluding carboxylic acids is 3. The molecule has 3 heterocycles. The molecule has 6 aromatic carbocycles. The number of hydrogen-bond donors (Lipinski definition) is 9. The van der Waals surface area contributed by atoms with E-state index in [9.17, 15) is 58.9 Å². The van der Waals surface area contributed by atoms with Crippen LogP contribution in [-0.2, 0) is 40.5 Å². The molecule has 3 aliphatic heterocycles. The summed E-state index contributed by atoms with van der Waals surface area (Å²) in [5.74, 6) is -1.71. The van der Waals surface area contributed by atoms with Crippen LogP contribution in [0.1, 0.15) is 48.4 Å². The van der Waals surface area contributed by atoms with Crippen LogP contribution in [0.2, 0.25) is 0 Å². The summed E-state index contributed by atoms with van der Waals surface area (Å²) in [5, 5.41) is 84.4. The Morgan fingerprint density at radius 2 is 1.25 bits per heavy atom. The smallest absolute Gasteiger partial charge is 0.412 e. The molecule has 3 saturated heterocycles. The zero-order valence-corrected chi connectivity index (χ0v) is 42.3. The summed E-state index contributed by atoms with van der Waals surface area (Å²) in [4.78, 5) is 41.8. The number of hydrogen-bond acceptors (Lipinski definition) is 15. The number of para-hydroxylation sites is 3. The molecule has 18 nitrogen and oxygen atoms in total. The zero-order valence-electron chi connectivity index (χ0n) is 42.3. The lowest BCUT2D eigenvalue weighted by atomic mass is 9.56. The SMILES string of the molecule is O=C(Nc1ccccc1F)OCC1OC(O[C@@H]2C(CO)OC(Cc3cccc(-c4ccc([C@H]5N(c6ccccc6)C(=O)C56CCC(O)(c5ccccc5)CC6)c(O)c4)c3)[C@H](O)C2O)[C@H](O)C(O)[C@@H]1OC(=O)Nc1ccccc1F. The Bertz CT molecular complexity index is 3130. The number of carbonyl (C=O) groups is 3. The zero-order chi connectivity index (χ0) is 55.6. The number of ether oxygens (including phenoxy) is 5. The van der Waals surface area contributed by atoms with Gasteiger partial charge in [-0.3, -0.25) is 15.4 Å². The molecule has 6 unspecified atom stereocenters. The Labute approximate surface area is 452 Å². The number of rotatable bonds is 14. The number of aromatic hydroxyl groups is 1. The number of β-lactam (4-membered cyclic amide) rings is 1. The predicted octanol–water partition coefficient (Wildman–Crippen LogP) is 6.60. The first-order valence-electron chi connectivity index (χ1n) is 25.9. The van der Waals surface area contributed by atoms with Gasteiger partial charge >= 0.3 is 12.2 Å². The first-order chi connectivity index (χ1) is 38.1. The second-order valence-electron chi connectivity index (χ2n) is 20.3. The highest BCUT2D eigenvalue weighted by atomic mass is 19.1. The molecule has 4 fully saturated rings. The van der Waals surface area contributed by atoms with Gasteiger partial charge in [-0.1, -0.05) is 109 Å². The largest absolute Gasteiger partial charge is 0.508 e. The lowest BCUT2D eigenvalue weighted by Crippen LogP contribution is -2.65. The van der Waals surface area contributed by atoms with Crippen LogP contribution < -0.4 is 15.5 Å². The Balaban J connectivity index is 0.824. The predicted molar refractivity (Wildman–Crippen MR) is 280 cm³/mol. The van der Waals surface area contributed by atoms with Crippen molar-refractivity contribution in [1.29, 1.82) is 0 Å². The third-order valence-corrected chi connectivity index (χ3v) is 15.5. The molecule has 414 valence electrons. The molecule has 79 heavy (non-hydrogen) atoms. The molecule has 1 saturated carbocycles. The van der Waals surface area contributed by atoms with Crippen molar-refractivity contribution in [2.75, 3.05) is 28.7 Å². The van der Waals surface area contributed by atoms with Gasteiger partial charge in [-0.25, -0.2) is 18.4 Å². The molecule has 1 aliphatic carbocycles. The maximum atomic E-state index is 14.4. The first-order valence-corrected chi connectivity index (χ1v) is 25.9. The van der Waals surface area contributed by atoms with E-state index in [2.05, 4.69) is 10.6 Å². The van der Waals surface area contributed by atoms with Crippen LogP contribution in [0.25, 0.3) is 11.1 Å². The lowest BCUT2D eigenvalue weighted by Gasteiger charge is -2.59. The standard InChI is InChI=1S/C59H59F2N3O15/c60-39-18-7-9-20-41(39)62-56(72)75-32-46-52(79-57(73)63-42-21-10-8-19-40(42)61)49(69)50(70)54(77-46)78-51-45(31-65)76-44(47(67)48(51)68)29-33-12-11-13-34(28-33)35-22-23-38(43(66)30-35)53-58(55(71)64(53)37-16-5-2-6-17-37)24-26-59(74,27-25-58)36-14-3-1-4-15-36/h1-23,28,30,44-54,65-70,74H,24-27,29,31-32H2,(H,62,72)(H,63,73)/t44?,45?,46?,47-,48?,49?,50+,51+,52+,53+,54?,58?,59?/m0/s1. The average molecular weight is 1090 g/mol. The fourth-order valence-corrected chi connectivity index (χ4v) is 11.3. The number of halogens is 2. The summed E-state index contributed by atoms with van der Waals surface area (Å²) >= 11 is 0. The van der Waals surface area contributed by atoms with Crippen LogP contribution in [0, 0.1) is 17.0 Å². The second-order valence-corrected chi connectivity index (χ2v) is 20.3. The van der Waals surface area contributed by atoms with Crippen LogP contribution >= 0.6 is 0 Å². The quantitative estimate of drug-likeness (QED) is 0.0521. The Morgan fingerprint density at radius 3 is 1.90 bits per heavy atom. The summed E-state index contributed by atoms with van der Waals surface area (Å²) in [6.07, 6.45) is -18.2. The number of amides is 3. The number of nitrogens with zero attached hydrogens (tertiary/aromatic N) is 1. The highest BCUT2D eigenvalue weighted by Crippen LogP contribution is 2.62. The minimum Gasteiger partial charge on any atom is -0.508 e. The highest BCUT2D eigenvalue weighted by Gasteiger charge is 2.64. The van der Waals surface area contributed by atoms with Crippen LogP contribution in [0.3, 0.4) is 0 Å². The van der Waals surface area contributed by atoms with Gasteiger partial charge in [0.25, 0.3) is 0 Å². The fourth-order valence-electron chi connectivity index (χ4n) is 11.3. The van der Waals surface area contributed by atoms with Gasteiger partial charge in [-0.2, -0.15) is 0 Å². The van der Waals surface area contributed by atoms with Crippen molar-refractivity contribution in [3.63, 3.8) is 0 Å². The van der Waals surface area contributed by atoms with E-state index in [-0.39, 0.29) is 29.5 Å². The summed E-state index contributed by atoms with van der Waals surface area (Å²) in [7, 11) is 0. The molecule has 3 amide bonds. The van der Waals surface area contributed by atoms with Crippen molar-refractivity contribution in [2.45, 2.75) is 105 Å². The minimum atomic E-state index is -2.07. The van der Waals surface area contributed by atoms with E-state index < -0.39 is 115 Å². The maximum Gasteiger partial charge on any atom is 0.412 e. The minimum absolute atomic E-state index is 0.00296. The van der Waals surface area contributed by atoms with Crippen LogP contribution in [0.4, 0.5) is 35.4 Å². The van der Waals surface area contributed by atoms with Gasteiger partial charge in [0.15, 0.2) is 12.4 Å². The summed E-state index contributed by atoms with van der Waals surface area (Å²) in [5.41, 5.74) is 1.48. The molecule has 0 aromatic heterocycles. The Kier molecular flexibility index (Phi) is 16.1. The van der Waals surface area contributed by atoms with Gasteiger partial charge in [-0.15, -0.1) is 0 Å². The molecule has 4 aliphatic rings. The molecule has 10 rings (SSSR count). The normalized spacial score (nSPS) is 29.5. The number of aliphatic hydroxyl groups excluding tert-OH is 5.